The van der Waals surface area contributed by atoms with E-state index in [-0.39, 0.29) is 16.6 Å². The molecule has 7 nitrogen and oxygen atoms in total. The molecule has 0 radical (unpaired) electrons. The molecular weight excluding hydrogens is 482 g/mol. The maximum absolute atomic E-state index is 12.7. The fourth-order valence-corrected chi connectivity index (χ4v) is 5.83. The summed E-state index contributed by atoms with van der Waals surface area (Å²) < 4.78 is 30.8. The monoisotopic (exact) mass is 505 g/mol. The SMILES string of the molecule is O=C1N=C(N2CCN(c3ccccc3)CC2)SC1=Cc1ccccc1OS(=O)(=O)c1ccccc1. The van der Waals surface area contributed by atoms with Crippen molar-refractivity contribution < 1.29 is 17.4 Å². The van der Waals surface area contributed by atoms with Crippen molar-refractivity contribution in [3.05, 3.63) is 95.4 Å². The van der Waals surface area contributed by atoms with E-state index in [1.165, 1.54) is 29.6 Å². The molecule has 0 N–H and O–H groups in total. The van der Waals surface area contributed by atoms with Crippen molar-refractivity contribution in [3.8, 4) is 5.75 Å². The Labute approximate surface area is 208 Å². The van der Waals surface area contributed by atoms with Crippen LogP contribution in [0, 0.1) is 0 Å². The van der Waals surface area contributed by atoms with Crippen LogP contribution in [0.3, 0.4) is 0 Å². The van der Waals surface area contributed by atoms with Crippen molar-refractivity contribution in [3.63, 3.8) is 0 Å². The van der Waals surface area contributed by atoms with Gasteiger partial charge in [0.2, 0.25) is 0 Å². The molecule has 5 rings (SSSR count). The average molecular weight is 506 g/mol. The van der Waals surface area contributed by atoms with Crippen molar-refractivity contribution in [1.29, 1.82) is 0 Å². The zero-order valence-electron chi connectivity index (χ0n) is 18.8. The lowest BCUT2D eigenvalue weighted by molar-refractivity contribution is -0.113. The highest BCUT2D eigenvalue weighted by Crippen LogP contribution is 2.33. The maximum atomic E-state index is 12.7. The molecule has 1 saturated heterocycles. The Morgan fingerprint density at radius 1 is 0.800 bits per heavy atom. The highest BCUT2D eigenvalue weighted by atomic mass is 32.2. The van der Waals surface area contributed by atoms with Gasteiger partial charge in [-0.05, 0) is 48.2 Å². The predicted octanol–water partition coefficient (Wildman–Crippen LogP) is 4.25. The summed E-state index contributed by atoms with van der Waals surface area (Å²) in [4.78, 5) is 21.8. The van der Waals surface area contributed by atoms with Gasteiger partial charge >= 0.3 is 10.1 Å². The van der Waals surface area contributed by atoms with Crippen LogP contribution in [0.2, 0.25) is 0 Å². The molecule has 1 fully saturated rings. The minimum absolute atomic E-state index is 0.0639. The first-order valence-corrected chi connectivity index (χ1v) is 13.4. The number of hydrogen-bond donors (Lipinski definition) is 0. The lowest BCUT2D eigenvalue weighted by Gasteiger charge is -2.36. The van der Waals surface area contributed by atoms with Gasteiger partial charge in [-0.3, -0.25) is 4.79 Å². The second-order valence-electron chi connectivity index (χ2n) is 8.01. The maximum Gasteiger partial charge on any atom is 0.339 e. The van der Waals surface area contributed by atoms with Crippen molar-refractivity contribution in [1.82, 2.24) is 4.90 Å². The van der Waals surface area contributed by atoms with Gasteiger partial charge in [-0.2, -0.15) is 13.4 Å². The Morgan fingerprint density at radius 3 is 2.11 bits per heavy atom. The molecule has 2 aliphatic rings. The number of rotatable bonds is 5. The van der Waals surface area contributed by atoms with Crippen LogP contribution in [-0.4, -0.2) is 50.6 Å². The van der Waals surface area contributed by atoms with E-state index < -0.39 is 10.1 Å². The van der Waals surface area contributed by atoms with E-state index in [1.807, 2.05) is 18.2 Å². The van der Waals surface area contributed by atoms with E-state index in [0.717, 1.165) is 26.2 Å². The normalized spacial score (nSPS) is 17.5. The number of piperazine rings is 1. The Hall–Kier alpha value is -3.56. The average Bonchev–Trinajstić information content (AvgIpc) is 3.26. The molecule has 178 valence electrons. The first-order valence-electron chi connectivity index (χ1n) is 11.2. The molecular formula is C26H23N3O4S2. The van der Waals surface area contributed by atoms with E-state index in [0.29, 0.717) is 15.6 Å². The van der Waals surface area contributed by atoms with Crippen LogP contribution in [0.25, 0.3) is 6.08 Å². The van der Waals surface area contributed by atoms with Gasteiger partial charge in [0.15, 0.2) is 5.17 Å². The lowest BCUT2D eigenvalue weighted by Crippen LogP contribution is -2.47. The van der Waals surface area contributed by atoms with E-state index in [1.54, 1.807) is 48.5 Å². The number of hydrogen-bond acceptors (Lipinski definition) is 7. The number of anilines is 1. The van der Waals surface area contributed by atoms with Gasteiger partial charge in [0.05, 0.1) is 4.91 Å². The second kappa shape index (κ2) is 9.97. The number of thioether (sulfide) groups is 1. The molecule has 1 amide bonds. The van der Waals surface area contributed by atoms with Gasteiger partial charge in [-0.15, -0.1) is 0 Å². The number of carbonyl (C=O) groups excluding carboxylic acids is 1. The molecule has 9 heteroatoms. The van der Waals surface area contributed by atoms with E-state index in [2.05, 4.69) is 26.9 Å². The number of aliphatic imine (C=N–C) groups is 1. The van der Waals surface area contributed by atoms with Gasteiger partial charge < -0.3 is 14.0 Å². The summed E-state index contributed by atoms with van der Waals surface area (Å²) in [6, 6.07) is 25.0. The van der Waals surface area contributed by atoms with Crippen molar-refractivity contribution >= 4 is 44.7 Å². The summed E-state index contributed by atoms with van der Waals surface area (Å²) in [7, 11) is -4.00. The molecule has 3 aromatic rings. The standard InChI is InChI=1S/C26H23N3O4S2/c30-25-24(34-26(27-25)29-17-15-28(16-18-29)21-10-3-1-4-11-21)19-20-9-7-8-14-23(20)33-35(31,32)22-12-5-2-6-13-22/h1-14,19H,15-18H2. The van der Waals surface area contributed by atoms with E-state index in [4.69, 9.17) is 4.18 Å². The van der Waals surface area contributed by atoms with Crippen LogP contribution in [0.4, 0.5) is 5.69 Å². The smallest absolute Gasteiger partial charge is 0.339 e. The predicted molar refractivity (Wildman–Crippen MR) is 139 cm³/mol. The highest BCUT2D eigenvalue weighted by molar-refractivity contribution is 8.18. The van der Waals surface area contributed by atoms with Gasteiger partial charge in [0.1, 0.15) is 10.6 Å². The fraction of sp³-hybridized carbons (Fsp3) is 0.154. The topological polar surface area (TPSA) is 79.3 Å². The zero-order chi connectivity index (χ0) is 24.3. The summed E-state index contributed by atoms with van der Waals surface area (Å²) in [5, 5.41) is 0.671. The summed E-state index contributed by atoms with van der Waals surface area (Å²) in [6.45, 7) is 3.20. The molecule has 0 bridgehead atoms. The minimum atomic E-state index is -4.00. The Kier molecular flexibility index (Phi) is 6.61. The van der Waals surface area contributed by atoms with Crippen LogP contribution in [-0.2, 0) is 14.9 Å². The minimum Gasteiger partial charge on any atom is -0.378 e. The van der Waals surface area contributed by atoms with E-state index >= 15 is 0 Å². The second-order valence-corrected chi connectivity index (χ2v) is 10.6. The van der Waals surface area contributed by atoms with Crippen LogP contribution < -0.4 is 9.08 Å². The third-order valence-corrected chi connectivity index (χ3v) is 8.01. The van der Waals surface area contributed by atoms with Gasteiger partial charge in [0.25, 0.3) is 5.91 Å². The molecule has 0 aromatic heterocycles. The van der Waals surface area contributed by atoms with Gasteiger partial charge in [-0.25, -0.2) is 0 Å². The Morgan fingerprint density at radius 2 is 1.40 bits per heavy atom. The molecule has 2 heterocycles. The van der Waals surface area contributed by atoms with Gasteiger partial charge in [0, 0.05) is 37.4 Å². The third-order valence-electron chi connectivity index (χ3n) is 5.72. The fourth-order valence-electron chi connectivity index (χ4n) is 3.90. The number of nitrogens with zero attached hydrogens (tertiary/aromatic N) is 3. The summed E-state index contributed by atoms with van der Waals surface area (Å²) in [6.07, 6.45) is 1.64. The Balaban J connectivity index is 1.29. The summed E-state index contributed by atoms with van der Waals surface area (Å²) in [5.41, 5.74) is 1.68. The van der Waals surface area contributed by atoms with Crippen molar-refractivity contribution in [2.75, 3.05) is 31.1 Å². The molecule has 3 aromatic carbocycles. The van der Waals surface area contributed by atoms with Crippen LogP contribution in [0.1, 0.15) is 5.56 Å². The first kappa shape index (κ1) is 23.2. The number of amides is 1. The lowest BCUT2D eigenvalue weighted by atomic mass is 10.2. The van der Waals surface area contributed by atoms with Crippen molar-refractivity contribution in [2.45, 2.75) is 4.90 Å². The molecule has 0 atom stereocenters. The molecule has 0 spiro atoms. The molecule has 0 unspecified atom stereocenters. The van der Waals surface area contributed by atoms with Gasteiger partial charge in [-0.1, -0.05) is 54.6 Å². The molecule has 2 aliphatic heterocycles. The quantitative estimate of drug-likeness (QED) is 0.379. The van der Waals surface area contributed by atoms with Crippen LogP contribution in [0.5, 0.6) is 5.75 Å². The molecule has 0 aliphatic carbocycles. The summed E-state index contributed by atoms with van der Waals surface area (Å²) in [5.74, 6) is -0.182. The largest absolute Gasteiger partial charge is 0.378 e. The first-order chi connectivity index (χ1) is 17.0. The summed E-state index contributed by atoms with van der Waals surface area (Å²) >= 11 is 1.30. The van der Waals surface area contributed by atoms with E-state index in [9.17, 15) is 13.2 Å². The highest BCUT2D eigenvalue weighted by Gasteiger charge is 2.29. The number of benzene rings is 3. The number of amidine groups is 1. The Bertz CT molecular complexity index is 1380. The number of carbonyl (C=O) groups is 1. The van der Waals surface area contributed by atoms with Crippen LogP contribution >= 0.6 is 11.8 Å². The molecule has 35 heavy (non-hydrogen) atoms. The molecule has 0 saturated carbocycles. The number of para-hydroxylation sites is 2. The van der Waals surface area contributed by atoms with Crippen molar-refractivity contribution in [2.24, 2.45) is 4.99 Å². The van der Waals surface area contributed by atoms with Crippen LogP contribution in [0.15, 0.2) is 99.7 Å². The third kappa shape index (κ3) is 5.26. The zero-order valence-corrected chi connectivity index (χ0v) is 20.4.